The molecular weight excluding hydrogens is 388 g/mol. The predicted molar refractivity (Wildman–Crippen MR) is 120 cm³/mol. The van der Waals surface area contributed by atoms with E-state index in [1.807, 2.05) is 11.0 Å². The van der Waals surface area contributed by atoms with Crippen LogP contribution in [0.25, 0.3) is 0 Å². The quantitative estimate of drug-likeness (QED) is 0.715. The molecule has 31 heavy (non-hydrogen) atoms. The molecule has 4 aliphatic rings. The third kappa shape index (κ3) is 4.47. The van der Waals surface area contributed by atoms with Gasteiger partial charge in [0.05, 0.1) is 0 Å². The summed E-state index contributed by atoms with van der Waals surface area (Å²) >= 11 is 0. The molecule has 5 heteroatoms. The lowest BCUT2D eigenvalue weighted by Crippen LogP contribution is -2.52. The standard InChI is InChI=1S/C26H36N2O3/c29-24(17-20-7-1-2-8-20)28-15-11-26(12-16-28)19-21(18-25(30)27-13-5-6-14-27)22-9-3-4-10-23(22)31-26/h3-4,9-10,20-21H,1-2,5-8,11-19H2/t21-/m0/s1. The monoisotopic (exact) mass is 424 g/mol. The van der Waals surface area contributed by atoms with Crippen molar-refractivity contribution >= 4 is 11.8 Å². The first kappa shape index (κ1) is 20.8. The first-order valence-corrected chi connectivity index (χ1v) is 12.5. The van der Waals surface area contributed by atoms with E-state index in [4.69, 9.17) is 4.74 Å². The van der Waals surface area contributed by atoms with E-state index < -0.39 is 0 Å². The van der Waals surface area contributed by atoms with E-state index in [0.717, 1.165) is 70.5 Å². The second-order valence-corrected chi connectivity index (χ2v) is 10.3. The summed E-state index contributed by atoms with van der Waals surface area (Å²) < 4.78 is 6.60. The molecule has 0 unspecified atom stereocenters. The van der Waals surface area contributed by atoms with Crippen molar-refractivity contribution in [1.82, 2.24) is 9.80 Å². The Kier molecular flexibility index (Phi) is 5.94. The molecule has 5 nitrogen and oxygen atoms in total. The van der Waals surface area contributed by atoms with Gasteiger partial charge in [0, 0.05) is 57.8 Å². The van der Waals surface area contributed by atoms with Crippen LogP contribution in [-0.2, 0) is 9.59 Å². The Balaban J connectivity index is 1.25. The van der Waals surface area contributed by atoms with Crippen molar-refractivity contribution in [2.75, 3.05) is 26.2 Å². The molecule has 1 aliphatic carbocycles. The molecule has 1 saturated carbocycles. The van der Waals surface area contributed by atoms with Gasteiger partial charge in [-0.05, 0) is 49.7 Å². The third-order valence-corrected chi connectivity index (χ3v) is 8.15. The Labute approximate surface area is 186 Å². The fourth-order valence-electron chi connectivity index (χ4n) is 6.29. The molecule has 0 bridgehead atoms. The number of ether oxygens (including phenoxy) is 1. The van der Waals surface area contributed by atoms with Gasteiger partial charge in [0.15, 0.2) is 0 Å². The number of benzene rings is 1. The number of hydrogen-bond donors (Lipinski definition) is 0. The molecule has 3 fully saturated rings. The van der Waals surface area contributed by atoms with Gasteiger partial charge in [-0.15, -0.1) is 0 Å². The largest absolute Gasteiger partial charge is 0.487 e. The molecule has 5 rings (SSSR count). The van der Waals surface area contributed by atoms with Gasteiger partial charge in [0.2, 0.25) is 11.8 Å². The van der Waals surface area contributed by atoms with Crippen LogP contribution < -0.4 is 4.74 Å². The Hall–Kier alpha value is -2.04. The van der Waals surface area contributed by atoms with Crippen molar-refractivity contribution in [3.8, 4) is 5.75 Å². The lowest BCUT2D eigenvalue weighted by atomic mass is 9.76. The number of carbonyl (C=O) groups is 2. The van der Waals surface area contributed by atoms with E-state index in [-0.39, 0.29) is 11.5 Å². The van der Waals surface area contributed by atoms with E-state index in [0.29, 0.717) is 24.2 Å². The van der Waals surface area contributed by atoms with Crippen LogP contribution in [0.2, 0.25) is 0 Å². The lowest BCUT2D eigenvalue weighted by molar-refractivity contribution is -0.136. The van der Waals surface area contributed by atoms with Gasteiger partial charge in [-0.2, -0.15) is 0 Å². The number of carbonyl (C=O) groups excluding carboxylic acids is 2. The Bertz CT molecular complexity index is 803. The molecule has 1 spiro atoms. The van der Waals surface area contributed by atoms with Crippen molar-refractivity contribution in [3.63, 3.8) is 0 Å². The average Bonchev–Trinajstić information content (AvgIpc) is 3.49. The van der Waals surface area contributed by atoms with Crippen LogP contribution in [0.3, 0.4) is 0 Å². The van der Waals surface area contributed by atoms with Crippen molar-refractivity contribution in [1.29, 1.82) is 0 Å². The number of rotatable bonds is 4. The van der Waals surface area contributed by atoms with Crippen LogP contribution in [0.1, 0.15) is 82.1 Å². The maximum absolute atomic E-state index is 12.9. The fourth-order valence-corrected chi connectivity index (χ4v) is 6.29. The molecule has 3 aliphatic heterocycles. The van der Waals surface area contributed by atoms with Gasteiger partial charge < -0.3 is 14.5 Å². The van der Waals surface area contributed by atoms with Gasteiger partial charge >= 0.3 is 0 Å². The Morgan fingerprint density at radius 3 is 2.26 bits per heavy atom. The highest BCUT2D eigenvalue weighted by Gasteiger charge is 2.44. The van der Waals surface area contributed by atoms with Crippen LogP contribution in [0, 0.1) is 5.92 Å². The zero-order chi connectivity index (χ0) is 21.3. The van der Waals surface area contributed by atoms with E-state index >= 15 is 0 Å². The maximum Gasteiger partial charge on any atom is 0.223 e. The smallest absolute Gasteiger partial charge is 0.223 e. The number of piperidine rings is 1. The first-order chi connectivity index (χ1) is 15.1. The molecule has 0 radical (unpaired) electrons. The molecule has 3 heterocycles. The topological polar surface area (TPSA) is 49.9 Å². The van der Waals surface area contributed by atoms with Crippen molar-refractivity contribution in [2.45, 2.75) is 82.1 Å². The number of likely N-dealkylation sites (tertiary alicyclic amines) is 2. The number of hydrogen-bond acceptors (Lipinski definition) is 3. The van der Waals surface area contributed by atoms with Gasteiger partial charge in [0.1, 0.15) is 11.4 Å². The number of fused-ring (bicyclic) bond motifs is 1. The third-order valence-electron chi connectivity index (χ3n) is 8.15. The Morgan fingerprint density at radius 1 is 0.871 bits per heavy atom. The molecule has 2 saturated heterocycles. The van der Waals surface area contributed by atoms with Gasteiger partial charge in [-0.1, -0.05) is 31.0 Å². The molecule has 168 valence electrons. The Morgan fingerprint density at radius 2 is 1.52 bits per heavy atom. The zero-order valence-electron chi connectivity index (χ0n) is 18.7. The summed E-state index contributed by atoms with van der Waals surface area (Å²) in [6, 6.07) is 8.26. The van der Waals surface area contributed by atoms with Crippen molar-refractivity contribution in [2.24, 2.45) is 5.92 Å². The van der Waals surface area contributed by atoms with E-state index in [2.05, 4.69) is 23.1 Å². The average molecular weight is 425 g/mol. The number of amides is 2. The zero-order valence-corrected chi connectivity index (χ0v) is 18.7. The normalized spacial score (nSPS) is 25.5. The summed E-state index contributed by atoms with van der Waals surface area (Å²) in [6.45, 7) is 3.38. The highest BCUT2D eigenvalue weighted by atomic mass is 16.5. The van der Waals surface area contributed by atoms with Gasteiger partial charge in [-0.25, -0.2) is 0 Å². The highest BCUT2D eigenvalue weighted by molar-refractivity contribution is 5.78. The summed E-state index contributed by atoms with van der Waals surface area (Å²) in [4.78, 5) is 29.9. The van der Waals surface area contributed by atoms with Crippen LogP contribution in [0.15, 0.2) is 24.3 Å². The van der Waals surface area contributed by atoms with Crippen LogP contribution in [-0.4, -0.2) is 53.4 Å². The molecule has 1 aromatic carbocycles. The summed E-state index contributed by atoms with van der Waals surface area (Å²) in [5.41, 5.74) is 0.939. The lowest BCUT2D eigenvalue weighted by Gasteiger charge is -2.47. The van der Waals surface area contributed by atoms with Crippen LogP contribution in [0.4, 0.5) is 0 Å². The summed E-state index contributed by atoms with van der Waals surface area (Å²) in [5, 5.41) is 0. The fraction of sp³-hybridized carbons (Fsp3) is 0.692. The molecule has 0 N–H and O–H groups in total. The summed E-state index contributed by atoms with van der Waals surface area (Å²) in [6.07, 6.45) is 11.2. The second kappa shape index (κ2) is 8.84. The van der Waals surface area contributed by atoms with Crippen LogP contribution >= 0.6 is 0 Å². The van der Waals surface area contributed by atoms with E-state index in [1.54, 1.807) is 0 Å². The van der Waals surface area contributed by atoms with Crippen molar-refractivity contribution < 1.29 is 14.3 Å². The van der Waals surface area contributed by atoms with E-state index in [9.17, 15) is 9.59 Å². The molecule has 1 atom stereocenters. The van der Waals surface area contributed by atoms with Crippen molar-refractivity contribution in [3.05, 3.63) is 29.8 Å². The van der Waals surface area contributed by atoms with Gasteiger partial charge in [0.25, 0.3) is 0 Å². The number of nitrogens with zero attached hydrogens (tertiary/aromatic N) is 2. The molecule has 1 aromatic rings. The molecular formula is C26H36N2O3. The highest BCUT2D eigenvalue weighted by Crippen LogP contribution is 2.47. The minimum atomic E-state index is -0.242. The number of para-hydroxylation sites is 1. The minimum absolute atomic E-state index is 0.207. The van der Waals surface area contributed by atoms with Gasteiger partial charge in [-0.3, -0.25) is 9.59 Å². The SMILES string of the molecule is O=C(CC1CCCC1)N1CCC2(CC1)C[C@H](CC(=O)N1CCCC1)c1ccccc1O2. The summed E-state index contributed by atoms with van der Waals surface area (Å²) in [5.74, 6) is 2.37. The molecule has 2 amide bonds. The van der Waals surface area contributed by atoms with Crippen LogP contribution in [0.5, 0.6) is 5.75 Å². The summed E-state index contributed by atoms with van der Waals surface area (Å²) in [7, 11) is 0. The second-order valence-electron chi connectivity index (χ2n) is 10.3. The first-order valence-electron chi connectivity index (χ1n) is 12.5. The minimum Gasteiger partial charge on any atom is -0.487 e. The molecule has 0 aromatic heterocycles. The predicted octanol–water partition coefficient (Wildman–Crippen LogP) is 4.51. The van der Waals surface area contributed by atoms with E-state index in [1.165, 1.54) is 31.2 Å². The maximum atomic E-state index is 12.9.